The molecule has 2 aromatic carbocycles. The molecule has 0 radical (unpaired) electrons. The number of rotatable bonds is 4. The van der Waals surface area contributed by atoms with Gasteiger partial charge in [0.15, 0.2) is 5.11 Å². The largest absolute Gasteiger partial charge is 0.872 e. The lowest BCUT2D eigenvalue weighted by Crippen LogP contribution is -2.23. The highest BCUT2D eigenvalue weighted by Gasteiger charge is 2.05. The van der Waals surface area contributed by atoms with Gasteiger partial charge in [0.25, 0.3) is 5.69 Å². The van der Waals surface area contributed by atoms with Crippen molar-refractivity contribution in [2.75, 3.05) is 5.32 Å². The fraction of sp³-hybridized carbons (Fsp3) is 0.0667. The van der Waals surface area contributed by atoms with Crippen molar-refractivity contribution in [3.63, 3.8) is 0 Å². The first-order valence-corrected chi connectivity index (χ1v) is 6.99. The number of non-ortho nitro benzene ring substituents is 1. The average Bonchev–Trinajstić information content (AvgIpc) is 2.51. The van der Waals surface area contributed by atoms with E-state index >= 15 is 0 Å². The highest BCUT2D eigenvalue weighted by molar-refractivity contribution is 7.80. The summed E-state index contributed by atoms with van der Waals surface area (Å²) in [7, 11) is 0. The lowest BCUT2D eigenvalue weighted by molar-refractivity contribution is -0.385. The highest BCUT2D eigenvalue weighted by Crippen LogP contribution is 2.19. The van der Waals surface area contributed by atoms with Crippen LogP contribution < -0.4 is 15.8 Å². The Morgan fingerprint density at radius 1 is 1.26 bits per heavy atom. The first-order valence-electron chi connectivity index (χ1n) is 6.58. The molecule has 8 heteroatoms. The summed E-state index contributed by atoms with van der Waals surface area (Å²) in [6.07, 6.45) is 1.19. The van der Waals surface area contributed by atoms with Gasteiger partial charge in [-0.05, 0) is 36.8 Å². The Balaban J connectivity index is 1.98. The van der Waals surface area contributed by atoms with Gasteiger partial charge < -0.3 is 10.4 Å². The Kier molecular flexibility index (Phi) is 5.21. The minimum atomic E-state index is -0.576. The molecule has 0 aliphatic rings. The zero-order valence-electron chi connectivity index (χ0n) is 12.1. The molecular weight excluding hydrogens is 316 g/mol. The molecule has 0 atom stereocenters. The molecule has 2 aromatic rings. The van der Waals surface area contributed by atoms with E-state index in [9.17, 15) is 15.2 Å². The second-order valence-electron chi connectivity index (χ2n) is 4.67. The highest BCUT2D eigenvalue weighted by atomic mass is 32.1. The summed E-state index contributed by atoms with van der Waals surface area (Å²) in [5.74, 6) is -0.362. The number of anilines is 1. The van der Waals surface area contributed by atoms with Crippen molar-refractivity contribution in [1.29, 1.82) is 0 Å². The first-order chi connectivity index (χ1) is 11.0. The number of nitrogens with one attached hydrogen (secondary N) is 2. The maximum Gasteiger partial charge on any atom is 0.270 e. The predicted molar refractivity (Wildman–Crippen MR) is 90.7 cm³/mol. The Morgan fingerprint density at radius 2 is 1.96 bits per heavy atom. The summed E-state index contributed by atoms with van der Waals surface area (Å²) >= 11 is 5.06. The summed E-state index contributed by atoms with van der Waals surface area (Å²) in [6, 6.07) is 11.0. The molecule has 2 N–H and O–H groups in total. The van der Waals surface area contributed by atoms with Gasteiger partial charge in [-0.25, -0.2) is 0 Å². The average molecular weight is 329 g/mol. The molecule has 0 spiro atoms. The van der Waals surface area contributed by atoms with Crippen molar-refractivity contribution in [3.8, 4) is 5.75 Å². The van der Waals surface area contributed by atoms with Gasteiger partial charge in [0.2, 0.25) is 0 Å². The SMILES string of the molecule is Cc1ccc(NC(=S)NN=Cc2cc([N+](=O)[O-])ccc2[O-])cc1. The van der Waals surface area contributed by atoms with Crippen molar-refractivity contribution < 1.29 is 10.0 Å². The van der Waals surface area contributed by atoms with E-state index in [1.807, 2.05) is 31.2 Å². The molecule has 2 rings (SSSR count). The van der Waals surface area contributed by atoms with Crippen molar-refractivity contribution in [2.24, 2.45) is 5.10 Å². The van der Waals surface area contributed by atoms with Gasteiger partial charge >= 0.3 is 0 Å². The van der Waals surface area contributed by atoms with Crippen molar-refractivity contribution in [1.82, 2.24) is 5.43 Å². The number of nitrogens with zero attached hydrogens (tertiary/aromatic N) is 2. The maximum absolute atomic E-state index is 11.6. The minimum absolute atomic E-state index is 0.102. The molecule has 0 saturated carbocycles. The summed E-state index contributed by atoms with van der Waals surface area (Å²) < 4.78 is 0. The van der Waals surface area contributed by atoms with E-state index in [4.69, 9.17) is 12.2 Å². The van der Waals surface area contributed by atoms with Gasteiger partial charge in [-0.3, -0.25) is 15.5 Å². The number of hydrogen-bond donors (Lipinski definition) is 2. The standard InChI is InChI=1S/C15H14N4O3S/c1-10-2-4-12(5-3-10)17-15(23)18-16-9-11-8-13(19(21)22)6-7-14(11)20/h2-9,20H,1H3,(H2,17,18,23)/p-1. The number of thiocarbonyl (C=S) groups is 1. The zero-order chi connectivity index (χ0) is 16.8. The Hall–Kier alpha value is -3.00. The fourth-order valence-electron chi connectivity index (χ4n) is 1.71. The van der Waals surface area contributed by atoms with Crippen LogP contribution in [-0.2, 0) is 0 Å². The lowest BCUT2D eigenvalue weighted by Gasteiger charge is -2.09. The Labute approximate surface area is 137 Å². The third-order valence-electron chi connectivity index (χ3n) is 2.88. The van der Waals surface area contributed by atoms with Crippen LogP contribution in [0.15, 0.2) is 47.6 Å². The van der Waals surface area contributed by atoms with Gasteiger partial charge in [0.05, 0.1) is 11.1 Å². The van der Waals surface area contributed by atoms with Gasteiger partial charge in [-0.15, -0.1) is 0 Å². The smallest absolute Gasteiger partial charge is 0.270 e. The molecular formula is C15H13N4O3S-. The van der Waals surface area contributed by atoms with Gasteiger partial charge in [0.1, 0.15) is 0 Å². The van der Waals surface area contributed by atoms with E-state index < -0.39 is 4.92 Å². The first kappa shape index (κ1) is 16.4. The van der Waals surface area contributed by atoms with Crippen molar-refractivity contribution >= 4 is 34.9 Å². The molecule has 118 valence electrons. The molecule has 0 unspecified atom stereocenters. The molecule has 23 heavy (non-hydrogen) atoms. The van der Waals surface area contributed by atoms with Crippen molar-refractivity contribution in [3.05, 3.63) is 63.7 Å². The maximum atomic E-state index is 11.6. The summed E-state index contributed by atoms with van der Waals surface area (Å²) in [4.78, 5) is 10.1. The molecule has 0 heterocycles. The monoisotopic (exact) mass is 329 g/mol. The fourth-order valence-corrected chi connectivity index (χ4v) is 1.88. The number of nitro benzene ring substituents is 1. The summed E-state index contributed by atoms with van der Waals surface area (Å²) in [6.45, 7) is 1.98. The van der Waals surface area contributed by atoms with Crippen molar-refractivity contribution in [2.45, 2.75) is 6.92 Å². The van der Waals surface area contributed by atoms with E-state index in [1.165, 1.54) is 6.21 Å². The van der Waals surface area contributed by atoms with Crippen LogP contribution in [0.3, 0.4) is 0 Å². The number of hydrogen-bond acceptors (Lipinski definition) is 5. The third-order valence-corrected chi connectivity index (χ3v) is 3.08. The minimum Gasteiger partial charge on any atom is -0.872 e. The molecule has 0 amide bonds. The third kappa shape index (κ3) is 4.75. The molecule has 7 nitrogen and oxygen atoms in total. The van der Waals surface area contributed by atoms with Crippen LogP contribution in [0.25, 0.3) is 0 Å². The number of aryl methyl sites for hydroxylation is 1. The second-order valence-corrected chi connectivity index (χ2v) is 5.08. The normalized spacial score (nSPS) is 10.5. The molecule has 0 aliphatic heterocycles. The Morgan fingerprint density at radius 3 is 2.61 bits per heavy atom. The van der Waals surface area contributed by atoms with Gasteiger partial charge in [-0.2, -0.15) is 5.10 Å². The number of nitro groups is 1. The lowest BCUT2D eigenvalue weighted by atomic mass is 10.2. The number of hydrazone groups is 1. The van der Waals surface area contributed by atoms with E-state index in [0.29, 0.717) is 0 Å². The van der Waals surface area contributed by atoms with Crippen LogP contribution in [-0.4, -0.2) is 16.3 Å². The summed E-state index contributed by atoms with van der Waals surface area (Å²) in [5, 5.41) is 29.3. The van der Waals surface area contributed by atoms with Crippen LogP contribution in [0.1, 0.15) is 11.1 Å². The van der Waals surface area contributed by atoms with Crippen LogP contribution in [0.4, 0.5) is 11.4 Å². The zero-order valence-corrected chi connectivity index (χ0v) is 13.0. The van der Waals surface area contributed by atoms with Gasteiger partial charge in [0, 0.05) is 17.8 Å². The topological polar surface area (TPSA) is 103 Å². The second kappa shape index (κ2) is 7.32. The Bertz CT molecular complexity index is 760. The van der Waals surface area contributed by atoms with Gasteiger partial charge in [-0.1, -0.05) is 29.5 Å². The van der Waals surface area contributed by atoms with E-state index in [2.05, 4.69) is 15.8 Å². The molecule has 0 aliphatic carbocycles. The van der Waals surface area contributed by atoms with Crippen LogP contribution in [0.5, 0.6) is 5.75 Å². The van der Waals surface area contributed by atoms with E-state index in [0.717, 1.165) is 29.4 Å². The van der Waals surface area contributed by atoms with E-state index in [-0.39, 0.29) is 22.1 Å². The predicted octanol–water partition coefficient (Wildman–Crippen LogP) is 2.30. The molecule has 0 aromatic heterocycles. The molecule has 0 fully saturated rings. The molecule has 0 bridgehead atoms. The quantitative estimate of drug-likeness (QED) is 0.386. The van der Waals surface area contributed by atoms with Crippen LogP contribution in [0.2, 0.25) is 0 Å². The number of benzene rings is 2. The van der Waals surface area contributed by atoms with Crippen LogP contribution in [0, 0.1) is 17.0 Å². The van der Waals surface area contributed by atoms with Crippen LogP contribution >= 0.6 is 12.2 Å². The molecule has 0 saturated heterocycles. The van der Waals surface area contributed by atoms with E-state index in [1.54, 1.807) is 0 Å². The summed E-state index contributed by atoms with van der Waals surface area (Å²) in [5.41, 5.74) is 4.40.